The van der Waals surface area contributed by atoms with Gasteiger partial charge in [0.1, 0.15) is 22.3 Å². The molecule has 0 atom stereocenters. The van der Waals surface area contributed by atoms with Gasteiger partial charge in [0.25, 0.3) is 5.91 Å². The van der Waals surface area contributed by atoms with Crippen molar-refractivity contribution in [1.29, 1.82) is 5.26 Å². The van der Waals surface area contributed by atoms with Crippen LogP contribution in [0.3, 0.4) is 0 Å². The molecule has 0 unspecified atom stereocenters. The van der Waals surface area contributed by atoms with E-state index in [9.17, 15) is 14.9 Å². The number of aryl methyl sites for hydroxylation is 2. The number of hydrogen-bond donors (Lipinski definition) is 1. The second-order valence-corrected chi connectivity index (χ2v) is 4.88. The van der Waals surface area contributed by atoms with Gasteiger partial charge in [-0.1, -0.05) is 17.7 Å². The first-order chi connectivity index (χ1) is 10.9. The van der Waals surface area contributed by atoms with Crippen LogP contribution in [0.15, 0.2) is 40.3 Å². The van der Waals surface area contributed by atoms with Crippen LogP contribution < -0.4 is 5.32 Å². The summed E-state index contributed by atoms with van der Waals surface area (Å²) in [7, 11) is 0. The number of anilines is 1. The molecule has 23 heavy (non-hydrogen) atoms. The molecule has 1 amide bonds. The molecule has 0 spiro atoms. The third-order valence-corrected chi connectivity index (χ3v) is 3.07. The van der Waals surface area contributed by atoms with Crippen LogP contribution in [0.5, 0.6) is 0 Å². The van der Waals surface area contributed by atoms with Crippen LogP contribution in [0, 0.1) is 35.3 Å². The average Bonchev–Trinajstić information content (AvgIpc) is 2.96. The maximum absolute atomic E-state index is 12.1. The molecule has 2 rings (SSSR count). The van der Waals surface area contributed by atoms with Gasteiger partial charge in [0.15, 0.2) is 0 Å². The van der Waals surface area contributed by atoms with Gasteiger partial charge in [0.05, 0.1) is 6.07 Å². The van der Waals surface area contributed by atoms with Crippen molar-refractivity contribution in [1.82, 2.24) is 0 Å². The van der Waals surface area contributed by atoms with E-state index in [-0.39, 0.29) is 11.3 Å². The predicted octanol–water partition coefficient (Wildman–Crippen LogP) is 3.35. The maximum Gasteiger partial charge on any atom is 0.433 e. The van der Waals surface area contributed by atoms with E-state index >= 15 is 0 Å². The molecule has 0 aliphatic carbocycles. The minimum atomic E-state index is -0.695. The summed E-state index contributed by atoms with van der Waals surface area (Å²) in [5.74, 6) is -1.01. The van der Waals surface area contributed by atoms with Crippen molar-refractivity contribution < 1.29 is 14.1 Å². The summed E-state index contributed by atoms with van der Waals surface area (Å²) >= 11 is 0. The highest BCUT2D eigenvalue weighted by molar-refractivity contribution is 6.09. The molecule has 0 fully saturated rings. The SMILES string of the molecule is Cc1ccc(NC(=O)/C(C#N)=C/c2ccc([N+](=O)[O-])o2)c(C)c1. The van der Waals surface area contributed by atoms with Crippen LogP contribution in [-0.2, 0) is 4.79 Å². The Bertz CT molecular complexity index is 843. The third kappa shape index (κ3) is 3.83. The number of carbonyl (C=O) groups excluding carboxylic acids is 1. The molecule has 116 valence electrons. The van der Waals surface area contributed by atoms with Crippen molar-refractivity contribution in [3.63, 3.8) is 0 Å². The Labute approximate surface area is 132 Å². The molecule has 2 aromatic rings. The molecule has 7 heteroatoms. The van der Waals surface area contributed by atoms with Crippen molar-refractivity contribution in [2.75, 3.05) is 5.32 Å². The second-order valence-electron chi connectivity index (χ2n) is 4.88. The molecule has 1 aromatic carbocycles. The summed E-state index contributed by atoms with van der Waals surface area (Å²) < 4.78 is 4.91. The monoisotopic (exact) mass is 311 g/mol. The van der Waals surface area contributed by atoms with Gasteiger partial charge in [-0.25, -0.2) is 0 Å². The van der Waals surface area contributed by atoms with Crippen molar-refractivity contribution in [3.05, 3.63) is 62.9 Å². The minimum absolute atomic E-state index is 0.0593. The number of nitro groups is 1. The molecule has 0 radical (unpaired) electrons. The van der Waals surface area contributed by atoms with E-state index < -0.39 is 16.7 Å². The first kappa shape index (κ1) is 16.0. The summed E-state index contributed by atoms with van der Waals surface area (Å²) in [5.41, 5.74) is 2.30. The molecular weight excluding hydrogens is 298 g/mol. The predicted molar refractivity (Wildman–Crippen MR) is 83.5 cm³/mol. The quantitative estimate of drug-likeness (QED) is 0.403. The lowest BCUT2D eigenvalue weighted by atomic mass is 10.1. The van der Waals surface area contributed by atoms with Crippen LogP contribution in [0.2, 0.25) is 0 Å². The smallest absolute Gasteiger partial charge is 0.401 e. The summed E-state index contributed by atoms with van der Waals surface area (Å²) in [6, 6.07) is 9.72. The lowest BCUT2D eigenvalue weighted by molar-refractivity contribution is -0.402. The Kier molecular flexibility index (Phi) is 4.57. The standard InChI is InChI=1S/C16H13N3O4/c1-10-3-5-14(11(2)7-10)18-16(20)12(9-17)8-13-4-6-15(23-13)19(21)22/h3-8H,1-2H3,(H,18,20)/b12-8+. The van der Waals surface area contributed by atoms with Gasteiger partial charge >= 0.3 is 5.88 Å². The van der Waals surface area contributed by atoms with Gasteiger partial charge in [-0.05, 0) is 31.5 Å². The molecule has 0 saturated heterocycles. The van der Waals surface area contributed by atoms with E-state index in [1.54, 1.807) is 12.1 Å². The maximum atomic E-state index is 12.1. The number of nitrogens with one attached hydrogen (secondary N) is 1. The molecule has 1 heterocycles. The molecule has 1 N–H and O–H groups in total. The van der Waals surface area contributed by atoms with E-state index in [0.29, 0.717) is 5.69 Å². The highest BCUT2D eigenvalue weighted by Gasteiger charge is 2.15. The molecule has 7 nitrogen and oxygen atoms in total. The Morgan fingerprint density at radius 1 is 1.35 bits per heavy atom. The number of benzene rings is 1. The van der Waals surface area contributed by atoms with Gasteiger partial charge in [0, 0.05) is 11.8 Å². The number of nitriles is 1. The second kappa shape index (κ2) is 6.58. The summed E-state index contributed by atoms with van der Waals surface area (Å²) in [4.78, 5) is 22.0. The number of hydrogen-bond acceptors (Lipinski definition) is 5. The lowest BCUT2D eigenvalue weighted by Crippen LogP contribution is -2.14. The topological polar surface area (TPSA) is 109 Å². The number of rotatable bonds is 4. The van der Waals surface area contributed by atoms with Crippen LogP contribution >= 0.6 is 0 Å². The van der Waals surface area contributed by atoms with Gasteiger partial charge in [-0.15, -0.1) is 0 Å². The highest BCUT2D eigenvalue weighted by atomic mass is 16.6. The van der Waals surface area contributed by atoms with Crippen LogP contribution in [0.4, 0.5) is 11.6 Å². The molecule has 0 aliphatic rings. The van der Waals surface area contributed by atoms with Crippen LogP contribution in [-0.4, -0.2) is 10.8 Å². The zero-order valence-corrected chi connectivity index (χ0v) is 12.5. The zero-order chi connectivity index (χ0) is 17.0. The first-order valence-electron chi connectivity index (χ1n) is 6.65. The number of amides is 1. The van der Waals surface area contributed by atoms with Crippen molar-refractivity contribution in [2.45, 2.75) is 13.8 Å². The summed E-state index contributed by atoms with van der Waals surface area (Å²) in [6.07, 6.45) is 1.16. The molecule has 0 aliphatic heterocycles. The zero-order valence-electron chi connectivity index (χ0n) is 12.5. The number of carbonyl (C=O) groups is 1. The Morgan fingerprint density at radius 2 is 2.09 bits per heavy atom. The summed E-state index contributed by atoms with van der Waals surface area (Å²) in [5, 5.41) is 22.3. The largest absolute Gasteiger partial charge is 0.433 e. The van der Waals surface area contributed by atoms with E-state index in [2.05, 4.69) is 5.32 Å². The minimum Gasteiger partial charge on any atom is -0.401 e. The molecule has 0 saturated carbocycles. The van der Waals surface area contributed by atoms with E-state index in [4.69, 9.17) is 9.68 Å². The first-order valence-corrected chi connectivity index (χ1v) is 6.65. The number of nitrogens with zero attached hydrogens (tertiary/aromatic N) is 2. The van der Waals surface area contributed by atoms with E-state index in [0.717, 1.165) is 23.3 Å². The van der Waals surface area contributed by atoms with Crippen molar-refractivity contribution in [2.24, 2.45) is 0 Å². The highest BCUT2D eigenvalue weighted by Crippen LogP contribution is 2.20. The fourth-order valence-electron chi connectivity index (χ4n) is 1.95. The normalized spacial score (nSPS) is 10.9. The van der Waals surface area contributed by atoms with E-state index in [1.165, 1.54) is 6.07 Å². The Morgan fingerprint density at radius 3 is 2.65 bits per heavy atom. The van der Waals surface area contributed by atoms with Crippen molar-refractivity contribution >= 4 is 23.6 Å². The molecule has 1 aromatic heterocycles. The number of furan rings is 1. The van der Waals surface area contributed by atoms with Crippen molar-refractivity contribution in [3.8, 4) is 6.07 Å². The van der Waals surface area contributed by atoms with E-state index in [1.807, 2.05) is 26.0 Å². The van der Waals surface area contributed by atoms with Crippen LogP contribution in [0.25, 0.3) is 6.08 Å². The lowest BCUT2D eigenvalue weighted by Gasteiger charge is -2.08. The van der Waals surface area contributed by atoms with Gasteiger partial charge in [-0.3, -0.25) is 14.9 Å². The average molecular weight is 311 g/mol. The van der Waals surface area contributed by atoms with Crippen LogP contribution in [0.1, 0.15) is 16.9 Å². The Balaban J connectivity index is 2.22. The van der Waals surface area contributed by atoms with Gasteiger partial charge < -0.3 is 9.73 Å². The van der Waals surface area contributed by atoms with Gasteiger partial charge in [0.2, 0.25) is 0 Å². The summed E-state index contributed by atoms with van der Waals surface area (Å²) in [6.45, 7) is 3.78. The fourth-order valence-corrected chi connectivity index (χ4v) is 1.95. The third-order valence-electron chi connectivity index (χ3n) is 3.07. The molecule has 0 bridgehead atoms. The van der Waals surface area contributed by atoms with Gasteiger partial charge in [-0.2, -0.15) is 5.26 Å². The Hall–Kier alpha value is -3.40. The fraction of sp³-hybridized carbons (Fsp3) is 0.125. The molecular formula is C16H13N3O4.